The highest BCUT2D eigenvalue weighted by Gasteiger charge is 2.24. The smallest absolute Gasteiger partial charge is 0.312 e. The first-order chi connectivity index (χ1) is 9.63. The fourth-order valence-electron chi connectivity index (χ4n) is 3.39. The number of aryl methyl sites for hydroxylation is 1. The highest BCUT2D eigenvalue weighted by atomic mass is 16.2. The first-order valence-electron chi connectivity index (χ1n) is 7.57. The van der Waals surface area contributed by atoms with Crippen LogP contribution in [0.3, 0.4) is 0 Å². The molecular formula is C16H23N3O. The molecule has 1 heterocycles. The number of rotatable bonds is 2. The summed E-state index contributed by atoms with van der Waals surface area (Å²) >= 11 is 0. The molecule has 1 fully saturated rings. The third kappa shape index (κ3) is 2.60. The van der Waals surface area contributed by atoms with E-state index in [-0.39, 0.29) is 6.04 Å². The highest BCUT2D eigenvalue weighted by molar-refractivity contribution is 5.72. The maximum atomic E-state index is 11.0. The second-order valence-corrected chi connectivity index (χ2v) is 6.15. The zero-order valence-corrected chi connectivity index (χ0v) is 12.1. The Balaban J connectivity index is 1.75. The van der Waals surface area contributed by atoms with Crippen molar-refractivity contribution in [3.8, 4) is 0 Å². The van der Waals surface area contributed by atoms with Crippen molar-refractivity contribution in [2.45, 2.75) is 38.6 Å². The summed E-state index contributed by atoms with van der Waals surface area (Å²) in [6.45, 7) is 4.64. The van der Waals surface area contributed by atoms with Crippen molar-refractivity contribution < 1.29 is 4.79 Å². The van der Waals surface area contributed by atoms with Crippen LogP contribution in [0.15, 0.2) is 18.2 Å². The topological polar surface area (TPSA) is 58.4 Å². The zero-order valence-electron chi connectivity index (χ0n) is 12.1. The summed E-state index contributed by atoms with van der Waals surface area (Å²) in [6.07, 6.45) is 4.54. The summed E-state index contributed by atoms with van der Waals surface area (Å²) in [5.41, 5.74) is 9.16. The summed E-state index contributed by atoms with van der Waals surface area (Å²) in [5.74, 6) is 0.852. The minimum Gasteiger partial charge on any atom is -0.372 e. The van der Waals surface area contributed by atoms with Gasteiger partial charge in [-0.1, -0.05) is 13.0 Å². The molecule has 0 radical (unpaired) electrons. The molecule has 1 unspecified atom stereocenters. The summed E-state index contributed by atoms with van der Waals surface area (Å²) in [4.78, 5) is 13.5. The number of hydrogen-bond donors (Lipinski definition) is 2. The van der Waals surface area contributed by atoms with Gasteiger partial charge in [0, 0.05) is 18.8 Å². The molecule has 0 aromatic heterocycles. The second-order valence-electron chi connectivity index (χ2n) is 6.15. The largest absolute Gasteiger partial charge is 0.372 e. The molecule has 0 saturated carbocycles. The highest BCUT2D eigenvalue weighted by Crippen LogP contribution is 2.34. The molecule has 3 rings (SSSR count). The molecule has 0 bridgehead atoms. The van der Waals surface area contributed by atoms with Crippen LogP contribution in [0.2, 0.25) is 0 Å². The summed E-state index contributed by atoms with van der Waals surface area (Å²) < 4.78 is 0. The van der Waals surface area contributed by atoms with Crippen LogP contribution in [0.4, 0.5) is 10.5 Å². The van der Waals surface area contributed by atoms with Crippen molar-refractivity contribution >= 4 is 11.7 Å². The van der Waals surface area contributed by atoms with Gasteiger partial charge < -0.3 is 16.0 Å². The monoisotopic (exact) mass is 273 g/mol. The Labute approximate surface area is 120 Å². The van der Waals surface area contributed by atoms with Crippen molar-refractivity contribution in [3.05, 3.63) is 29.3 Å². The Morgan fingerprint density at radius 1 is 1.30 bits per heavy atom. The number of nitrogens with one attached hydrogen (secondary N) is 1. The van der Waals surface area contributed by atoms with Crippen LogP contribution in [0.5, 0.6) is 0 Å². The molecule has 1 aromatic rings. The number of fused-ring (bicyclic) bond motifs is 1. The van der Waals surface area contributed by atoms with Gasteiger partial charge in [-0.15, -0.1) is 0 Å². The minimum absolute atomic E-state index is 0.0953. The number of anilines is 1. The predicted molar refractivity (Wildman–Crippen MR) is 80.8 cm³/mol. The lowest BCUT2D eigenvalue weighted by molar-refractivity contribution is 0.245. The lowest BCUT2D eigenvalue weighted by Gasteiger charge is -2.32. The van der Waals surface area contributed by atoms with Crippen molar-refractivity contribution in [2.24, 2.45) is 11.7 Å². The number of nitrogens with two attached hydrogens (primary N) is 1. The van der Waals surface area contributed by atoms with E-state index in [1.807, 2.05) is 0 Å². The number of amides is 2. The number of nitrogens with zero attached hydrogens (tertiary/aromatic N) is 1. The standard InChI is InChI=1S/C16H23N3O/c1-11-6-8-19(9-7-11)13-3-4-14-12(10-13)2-5-15(14)18-16(17)20/h3-4,10-11,15H,2,5-9H2,1H3,(H3,17,18,20). The third-order valence-corrected chi connectivity index (χ3v) is 4.67. The number of carbonyl (C=O) groups is 1. The van der Waals surface area contributed by atoms with Crippen molar-refractivity contribution in [2.75, 3.05) is 18.0 Å². The minimum atomic E-state index is -0.433. The van der Waals surface area contributed by atoms with Crippen LogP contribution in [0.1, 0.15) is 43.4 Å². The average Bonchev–Trinajstić information content (AvgIpc) is 2.81. The van der Waals surface area contributed by atoms with Gasteiger partial charge in [0.15, 0.2) is 0 Å². The van der Waals surface area contributed by atoms with E-state index in [4.69, 9.17) is 5.73 Å². The number of piperidine rings is 1. The number of carbonyl (C=O) groups excluding carboxylic acids is 1. The molecule has 2 amide bonds. The molecule has 4 nitrogen and oxygen atoms in total. The van der Waals surface area contributed by atoms with Gasteiger partial charge in [-0.25, -0.2) is 4.79 Å². The van der Waals surface area contributed by atoms with Crippen LogP contribution in [0.25, 0.3) is 0 Å². The van der Waals surface area contributed by atoms with Crippen LogP contribution >= 0.6 is 0 Å². The van der Waals surface area contributed by atoms with E-state index in [2.05, 4.69) is 35.3 Å². The molecule has 3 N–H and O–H groups in total. The first kappa shape index (κ1) is 13.3. The quantitative estimate of drug-likeness (QED) is 0.870. The Morgan fingerprint density at radius 2 is 2.05 bits per heavy atom. The van der Waals surface area contributed by atoms with Gasteiger partial charge in [0.1, 0.15) is 0 Å². The number of benzene rings is 1. The number of urea groups is 1. The Bertz CT molecular complexity index is 506. The van der Waals surface area contributed by atoms with E-state index in [9.17, 15) is 4.79 Å². The van der Waals surface area contributed by atoms with Gasteiger partial charge in [0.05, 0.1) is 6.04 Å². The van der Waals surface area contributed by atoms with E-state index in [1.54, 1.807) is 0 Å². The van der Waals surface area contributed by atoms with E-state index in [0.717, 1.165) is 31.8 Å². The Kier molecular flexibility index (Phi) is 3.55. The third-order valence-electron chi connectivity index (χ3n) is 4.67. The molecule has 1 saturated heterocycles. The molecule has 0 spiro atoms. The number of hydrogen-bond acceptors (Lipinski definition) is 2. The summed E-state index contributed by atoms with van der Waals surface area (Å²) in [7, 11) is 0. The van der Waals surface area contributed by atoms with Crippen molar-refractivity contribution in [1.29, 1.82) is 0 Å². The normalized spacial score (nSPS) is 22.6. The molecule has 20 heavy (non-hydrogen) atoms. The average molecular weight is 273 g/mol. The summed E-state index contributed by atoms with van der Waals surface area (Å²) in [5, 5.41) is 2.83. The van der Waals surface area contributed by atoms with E-state index >= 15 is 0 Å². The Morgan fingerprint density at radius 3 is 2.75 bits per heavy atom. The van der Waals surface area contributed by atoms with Crippen LogP contribution in [-0.4, -0.2) is 19.1 Å². The lowest BCUT2D eigenvalue weighted by Crippen LogP contribution is -2.33. The molecule has 1 aliphatic heterocycles. The van der Waals surface area contributed by atoms with Gasteiger partial charge >= 0.3 is 6.03 Å². The Hall–Kier alpha value is -1.71. The fourth-order valence-corrected chi connectivity index (χ4v) is 3.39. The molecule has 1 atom stereocenters. The maximum absolute atomic E-state index is 11.0. The molecule has 4 heteroatoms. The van der Waals surface area contributed by atoms with Crippen LogP contribution < -0.4 is 16.0 Å². The van der Waals surface area contributed by atoms with Gasteiger partial charge in [-0.05, 0) is 54.9 Å². The van der Waals surface area contributed by atoms with Gasteiger partial charge in [0.2, 0.25) is 0 Å². The van der Waals surface area contributed by atoms with Crippen molar-refractivity contribution in [3.63, 3.8) is 0 Å². The summed E-state index contributed by atoms with van der Waals surface area (Å²) in [6, 6.07) is 6.31. The van der Waals surface area contributed by atoms with Gasteiger partial charge in [-0.3, -0.25) is 0 Å². The van der Waals surface area contributed by atoms with Gasteiger partial charge in [-0.2, -0.15) is 0 Å². The van der Waals surface area contributed by atoms with E-state index < -0.39 is 6.03 Å². The van der Waals surface area contributed by atoms with E-state index in [1.165, 1.54) is 29.7 Å². The predicted octanol–water partition coefficient (Wildman–Crippen LogP) is 2.58. The lowest BCUT2D eigenvalue weighted by atomic mass is 9.98. The molecule has 108 valence electrons. The zero-order chi connectivity index (χ0) is 14.1. The molecule has 1 aliphatic carbocycles. The number of primary amides is 1. The van der Waals surface area contributed by atoms with Crippen molar-refractivity contribution in [1.82, 2.24) is 5.32 Å². The van der Waals surface area contributed by atoms with Crippen LogP contribution in [-0.2, 0) is 6.42 Å². The SMILES string of the molecule is CC1CCN(c2ccc3c(c2)CCC3NC(N)=O)CC1. The van der Waals surface area contributed by atoms with Crippen LogP contribution in [0, 0.1) is 5.92 Å². The second kappa shape index (κ2) is 5.35. The van der Waals surface area contributed by atoms with Gasteiger partial charge in [0.25, 0.3) is 0 Å². The van der Waals surface area contributed by atoms with E-state index in [0.29, 0.717) is 0 Å². The molecule has 1 aromatic carbocycles. The maximum Gasteiger partial charge on any atom is 0.312 e. The fraction of sp³-hybridized carbons (Fsp3) is 0.562. The molecular weight excluding hydrogens is 250 g/mol. The molecule has 2 aliphatic rings. The first-order valence-corrected chi connectivity index (χ1v) is 7.57.